The van der Waals surface area contributed by atoms with Crippen LogP contribution in [0, 0.1) is 19.8 Å². The van der Waals surface area contributed by atoms with Crippen molar-refractivity contribution in [3.63, 3.8) is 0 Å². The third-order valence-corrected chi connectivity index (χ3v) is 5.54. The molecule has 1 aromatic rings. The summed E-state index contributed by atoms with van der Waals surface area (Å²) in [5.41, 5.74) is 1.94. The topological polar surface area (TPSA) is 79.3 Å². The van der Waals surface area contributed by atoms with E-state index in [0.29, 0.717) is 19.0 Å². The third-order valence-electron chi connectivity index (χ3n) is 5.54. The molecule has 3 atom stereocenters. The minimum absolute atomic E-state index is 0.0395. The van der Waals surface area contributed by atoms with Crippen molar-refractivity contribution in [2.24, 2.45) is 5.92 Å². The van der Waals surface area contributed by atoms with E-state index in [1.54, 1.807) is 0 Å². The Labute approximate surface area is 155 Å². The molecule has 0 saturated carbocycles. The highest BCUT2D eigenvalue weighted by atomic mass is 16.2. The van der Waals surface area contributed by atoms with Crippen LogP contribution in [0.5, 0.6) is 0 Å². The highest BCUT2D eigenvalue weighted by Gasteiger charge is 2.29. The number of piperidine rings is 1. The molecule has 3 heterocycles. The molecule has 0 aromatic carbocycles. The zero-order valence-electron chi connectivity index (χ0n) is 16.1. The maximum absolute atomic E-state index is 12.9. The maximum atomic E-state index is 12.9. The third kappa shape index (κ3) is 4.26. The lowest BCUT2D eigenvalue weighted by Crippen LogP contribution is -2.48. The number of nitrogens with zero attached hydrogens (tertiary/aromatic N) is 3. The van der Waals surface area contributed by atoms with Crippen molar-refractivity contribution >= 4 is 11.8 Å². The van der Waals surface area contributed by atoms with Crippen LogP contribution in [-0.4, -0.2) is 58.7 Å². The molecule has 144 valence electrons. The number of carbonyl (C=O) groups excluding carboxylic acids is 2. The molecular formula is C19H31N5O2. The first-order valence-corrected chi connectivity index (χ1v) is 9.78. The van der Waals surface area contributed by atoms with Gasteiger partial charge in [-0.15, -0.1) is 0 Å². The average molecular weight is 361 g/mol. The normalized spacial score (nSPS) is 24.5. The Morgan fingerprint density at radius 1 is 1.35 bits per heavy atom. The first-order valence-electron chi connectivity index (χ1n) is 9.78. The van der Waals surface area contributed by atoms with E-state index in [0.717, 1.165) is 50.2 Å². The Morgan fingerprint density at radius 2 is 2.15 bits per heavy atom. The van der Waals surface area contributed by atoms with E-state index in [-0.39, 0.29) is 23.9 Å². The fourth-order valence-electron chi connectivity index (χ4n) is 4.12. The van der Waals surface area contributed by atoms with Crippen molar-refractivity contribution < 1.29 is 9.59 Å². The van der Waals surface area contributed by atoms with Crippen molar-refractivity contribution in [3.8, 4) is 0 Å². The number of hydrogen-bond acceptors (Lipinski definition) is 4. The summed E-state index contributed by atoms with van der Waals surface area (Å²) in [5, 5.41) is 10.7. The molecule has 2 aliphatic heterocycles. The average Bonchev–Trinajstić information content (AvgIpc) is 3.28. The molecule has 7 nitrogen and oxygen atoms in total. The minimum Gasteiger partial charge on any atom is -0.354 e. The Kier molecular flexibility index (Phi) is 5.96. The van der Waals surface area contributed by atoms with Crippen LogP contribution in [0.2, 0.25) is 0 Å². The SMILES string of the molecule is Cc1cc(C)n(C(C)C(=O)N2CCCC(CNC(=O)C3CCCN3)C2)n1. The van der Waals surface area contributed by atoms with E-state index < -0.39 is 0 Å². The second-order valence-electron chi connectivity index (χ2n) is 7.73. The fraction of sp³-hybridized carbons (Fsp3) is 0.737. The van der Waals surface area contributed by atoms with Gasteiger partial charge < -0.3 is 15.5 Å². The van der Waals surface area contributed by atoms with Crippen LogP contribution in [0.15, 0.2) is 6.07 Å². The van der Waals surface area contributed by atoms with E-state index in [1.165, 1.54) is 0 Å². The first kappa shape index (κ1) is 18.9. The van der Waals surface area contributed by atoms with Gasteiger partial charge in [0.15, 0.2) is 0 Å². The molecule has 0 radical (unpaired) electrons. The van der Waals surface area contributed by atoms with Gasteiger partial charge in [0.2, 0.25) is 11.8 Å². The second-order valence-corrected chi connectivity index (χ2v) is 7.73. The molecule has 3 unspecified atom stereocenters. The van der Waals surface area contributed by atoms with Gasteiger partial charge in [0, 0.05) is 25.3 Å². The number of likely N-dealkylation sites (tertiary alicyclic amines) is 1. The van der Waals surface area contributed by atoms with Gasteiger partial charge in [0.1, 0.15) is 6.04 Å². The van der Waals surface area contributed by atoms with E-state index in [1.807, 2.05) is 36.4 Å². The van der Waals surface area contributed by atoms with Gasteiger partial charge in [0.05, 0.1) is 11.7 Å². The van der Waals surface area contributed by atoms with Crippen LogP contribution < -0.4 is 10.6 Å². The zero-order chi connectivity index (χ0) is 18.7. The molecule has 2 saturated heterocycles. The summed E-state index contributed by atoms with van der Waals surface area (Å²) in [5.74, 6) is 0.539. The van der Waals surface area contributed by atoms with Gasteiger partial charge in [-0.3, -0.25) is 14.3 Å². The fourth-order valence-corrected chi connectivity index (χ4v) is 4.12. The van der Waals surface area contributed by atoms with Crippen LogP contribution in [0.25, 0.3) is 0 Å². The van der Waals surface area contributed by atoms with Gasteiger partial charge in [-0.2, -0.15) is 5.10 Å². The van der Waals surface area contributed by atoms with Crippen LogP contribution in [-0.2, 0) is 9.59 Å². The first-order chi connectivity index (χ1) is 12.5. The van der Waals surface area contributed by atoms with Crippen molar-refractivity contribution in [2.75, 3.05) is 26.2 Å². The molecule has 2 aliphatic rings. The minimum atomic E-state index is -0.292. The predicted octanol–water partition coefficient (Wildman–Crippen LogP) is 1.17. The Balaban J connectivity index is 1.53. The van der Waals surface area contributed by atoms with Gasteiger partial charge in [-0.25, -0.2) is 0 Å². The highest BCUT2D eigenvalue weighted by Crippen LogP contribution is 2.20. The number of hydrogen-bond donors (Lipinski definition) is 2. The molecule has 0 bridgehead atoms. The lowest BCUT2D eigenvalue weighted by Gasteiger charge is -2.34. The molecular weight excluding hydrogens is 330 g/mol. The summed E-state index contributed by atoms with van der Waals surface area (Å²) >= 11 is 0. The zero-order valence-corrected chi connectivity index (χ0v) is 16.1. The van der Waals surface area contributed by atoms with E-state index >= 15 is 0 Å². The summed E-state index contributed by atoms with van der Waals surface area (Å²) in [6.45, 7) is 8.91. The second kappa shape index (κ2) is 8.20. The van der Waals surface area contributed by atoms with Gasteiger partial charge >= 0.3 is 0 Å². The smallest absolute Gasteiger partial charge is 0.247 e. The molecule has 26 heavy (non-hydrogen) atoms. The molecule has 2 N–H and O–H groups in total. The largest absolute Gasteiger partial charge is 0.354 e. The van der Waals surface area contributed by atoms with Crippen LogP contribution in [0.1, 0.15) is 50.0 Å². The van der Waals surface area contributed by atoms with Crippen LogP contribution in [0.3, 0.4) is 0 Å². The molecule has 7 heteroatoms. The van der Waals surface area contributed by atoms with Crippen molar-refractivity contribution in [1.29, 1.82) is 0 Å². The van der Waals surface area contributed by atoms with Gasteiger partial charge in [0.25, 0.3) is 0 Å². The number of rotatable bonds is 5. The summed E-state index contributed by atoms with van der Waals surface area (Å²) in [4.78, 5) is 27.0. The maximum Gasteiger partial charge on any atom is 0.247 e. The van der Waals surface area contributed by atoms with E-state index in [9.17, 15) is 9.59 Å². The molecule has 2 fully saturated rings. The van der Waals surface area contributed by atoms with Crippen molar-refractivity contribution in [1.82, 2.24) is 25.3 Å². The lowest BCUT2D eigenvalue weighted by atomic mass is 9.97. The number of amides is 2. The molecule has 3 rings (SSSR count). The summed E-state index contributed by atoms with van der Waals surface area (Å²) < 4.78 is 1.81. The van der Waals surface area contributed by atoms with Crippen LogP contribution in [0.4, 0.5) is 0 Å². The molecule has 0 aliphatic carbocycles. The number of aromatic nitrogens is 2. The summed E-state index contributed by atoms with van der Waals surface area (Å²) in [6.07, 6.45) is 4.02. The predicted molar refractivity (Wildman–Crippen MR) is 99.8 cm³/mol. The molecule has 2 amide bonds. The van der Waals surface area contributed by atoms with Crippen molar-refractivity contribution in [2.45, 2.75) is 58.5 Å². The van der Waals surface area contributed by atoms with E-state index in [4.69, 9.17) is 0 Å². The summed E-state index contributed by atoms with van der Waals surface area (Å²) in [7, 11) is 0. The van der Waals surface area contributed by atoms with Gasteiger partial charge in [-0.05, 0) is 65.0 Å². The van der Waals surface area contributed by atoms with Crippen LogP contribution >= 0.6 is 0 Å². The highest BCUT2D eigenvalue weighted by molar-refractivity contribution is 5.82. The number of aryl methyl sites for hydroxylation is 2. The number of nitrogens with one attached hydrogen (secondary N) is 2. The summed E-state index contributed by atoms with van der Waals surface area (Å²) in [6, 6.07) is 1.66. The quantitative estimate of drug-likeness (QED) is 0.825. The molecule has 0 spiro atoms. The Hall–Kier alpha value is -1.89. The van der Waals surface area contributed by atoms with E-state index in [2.05, 4.69) is 15.7 Å². The van der Waals surface area contributed by atoms with Gasteiger partial charge in [-0.1, -0.05) is 0 Å². The molecule has 1 aromatic heterocycles. The van der Waals surface area contributed by atoms with Crippen molar-refractivity contribution in [3.05, 3.63) is 17.5 Å². The standard InChI is InChI=1S/C19H31N5O2/c1-13-10-14(2)24(22-13)15(3)19(26)23-9-5-6-16(12-23)11-21-18(25)17-7-4-8-20-17/h10,15-17,20H,4-9,11-12H2,1-3H3,(H,21,25). The Bertz CT molecular complexity index is 650. The number of carbonyl (C=O) groups is 2. The lowest BCUT2D eigenvalue weighted by molar-refractivity contribution is -0.136. The monoisotopic (exact) mass is 361 g/mol. The Morgan fingerprint density at radius 3 is 2.81 bits per heavy atom.